The Morgan fingerprint density at radius 1 is 0.379 bits per heavy atom. The van der Waals surface area contributed by atoms with Crippen LogP contribution in [0.5, 0.6) is 0 Å². The molecule has 0 spiro atoms. The molecule has 0 heterocycles. The summed E-state index contributed by atoms with van der Waals surface area (Å²) >= 11 is 0. The van der Waals surface area contributed by atoms with Crippen molar-refractivity contribution in [3.63, 3.8) is 0 Å². The lowest BCUT2D eigenvalue weighted by Crippen LogP contribution is -2.12. The van der Waals surface area contributed by atoms with E-state index in [9.17, 15) is 0 Å². The minimum Gasteiger partial charge on any atom is -0.251 e. The van der Waals surface area contributed by atoms with Crippen molar-refractivity contribution in [2.45, 2.75) is 260 Å². The number of aliphatic imine (C=N–C) groups is 2. The first kappa shape index (κ1) is 51.7. The molecule has 0 saturated heterocycles. The van der Waals surface area contributed by atoms with Crippen molar-refractivity contribution >= 4 is 22.8 Å². The predicted octanol–water partition coefficient (Wildman–Crippen LogP) is 19.1. The lowest BCUT2D eigenvalue weighted by atomic mass is 9.96. The lowest BCUT2D eigenvalue weighted by Gasteiger charge is -2.14. The van der Waals surface area contributed by atoms with Crippen LogP contribution in [0, 0.1) is 0 Å². The summed E-state index contributed by atoms with van der Waals surface area (Å²) in [5.41, 5.74) is 10.6. The Balaban J connectivity index is 2.55. The molecule has 58 heavy (non-hydrogen) atoms. The predicted molar refractivity (Wildman–Crippen MR) is 264 cm³/mol. The van der Waals surface area contributed by atoms with E-state index in [4.69, 9.17) is 9.98 Å². The smallest absolute Gasteiger partial charge is 0.0848 e. The second-order valence-electron chi connectivity index (χ2n) is 17.7. The van der Waals surface area contributed by atoms with Gasteiger partial charge in [0, 0.05) is 0 Å². The molecular formula is C56H94N2. The summed E-state index contributed by atoms with van der Waals surface area (Å²) in [4.78, 5) is 11.1. The number of nitrogens with zero attached hydrogens (tertiary/aromatic N) is 2. The molecule has 0 radical (unpaired) electrons. The van der Waals surface area contributed by atoms with Gasteiger partial charge in [0.25, 0.3) is 0 Å². The molecular weight excluding hydrogens is 701 g/mol. The Labute approximate surface area is 362 Å². The zero-order valence-corrected chi connectivity index (χ0v) is 39.6. The second kappa shape index (κ2) is 36.4. The van der Waals surface area contributed by atoms with Crippen LogP contribution in [0.4, 0.5) is 11.4 Å². The number of hydrogen-bond donors (Lipinski definition) is 0. The van der Waals surface area contributed by atoms with Gasteiger partial charge in [0.05, 0.1) is 22.8 Å². The highest BCUT2D eigenvalue weighted by Gasteiger charge is 2.12. The first-order chi connectivity index (χ1) is 28.6. The van der Waals surface area contributed by atoms with Crippen molar-refractivity contribution in [3.05, 3.63) is 70.8 Å². The van der Waals surface area contributed by atoms with Crippen molar-refractivity contribution in [2.75, 3.05) is 0 Å². The van der Waals surface area contributed by atoms with E-state index in [1.807, 2.05) is 0 Å². The maximum Gasteiger partial charge on any atom is 0.0848 e. The Kier molecular flexibility index (Phi) is 32.4. The van der Waals surface area contributed by atoms with Crippen LogP contribution in [0.15, 0.2) is 58.5 Å². The van der Waals surface area contributed by atoms with Gasteiger partial charge >= 0.3 is 0 Å². The van der Waals surface area contributed by atoms with Gasteiger partial charge in [-0.2, -0.15) is 0 Å². The molecule has 0 unspecified atom stereocenters. The van der Waals surface area contributed by atoms with E-state index in [-0.39, 0.29) is 0 Å². The maximum atomic E-state index is 5.59. The van der Waals surface area contributed by atoms with Crippen LogP contribution in [-0.2, 0) is 25.7 Å². The molecule has 2 heteroatoms. The van der Waals surface area contributed by atoms with Gasteiger partial charge in [0.15, 0.2) is 0 Å². The molecule has 2 rings (SSSR count). The Bertz CT molecular complexity index is 1360. The monoisotopic (exact) mass is 795 g/mol. The third-order valence-electron chi connectivity index (χ3n) is 12.2. The average Bonchev–Trinajstić information content (AvgIpc) is 3.23. The van der Waals surface area contributed by atoms with Gasteiger partial charge < -0.3 is 0 Å². The van der Waals surface area contributed by atoms with Crippen molar-refractivity contribution in [1.82, 2.24) is 0 Å². The van der Waals surface area contributed by atoms with Crippen LogP contribution in [0.1, 0.15) is 256 Å². The second-order valence-corrected chi connectivity index (χ2v) is 17.7. The minimum absolute atomic E-state index is 0.984. The van der Waals surface area contributed by atoms with Gasteiger partial charge in [-0.15, -0.1) is 0 Å². The summed E-state index contributed by atoms with van der Waals surface area (Å²) in [7, 11) is 0. The molecule has 0 aliphatic carbocycles. The van der Waals surface area contributed by atoms with Crippen molar-refractivity contribution in [2.24, 2.45) is 9.98 Å². The van der Waals surface area contributed by atoms with E-state index in [1.165, 1.54) is 215 Å². The number of unbranched alkanes of at least 4 members (excludes halogenated alkanes) is 23. The SMILES string of the molecule is CCCCCCCCCC=CC(=Nc1ccc(CCCCC)c(CCCCC)c1)C(CCCCCCCCCCC)=Nc1ccc(CCCCC)c(CCCCC)c1. The summed E-state index contributed by atoms with van der Waals surface area (Å²) in [6, 6.07) is 14.3. The van der Waals surface area contributed by atoms with Gasteiger partial charge in [0.1, 0.15) is 0 Å². The van der Waals surface area contributed by atoms with E-state index in [0.29, 0.717) is 0 Å². The molecule has 0 aromatic heterocycles. The Hall–Kier alpha value is -2.48. The van der Waals surface area contributed by atoms with E-state index < -0.39 is 0 Å². The maximum absolute atomic E-state index is 5.59. The largest absolute Gasteiger partial charge is 0.251 e. The van der Waals surface area contributed by atoms with Gasteiger partial charge in [-0.1, -0.05) is 201 Å². The quantitative estimate of drug-likeness (QED) is 0.0478. The summed E-state index contributed by atoms with van der Waals surface area (Å²) in [6.45, 7) is 13.9. The normalized spacial score (nSPS) is 12.4. The van der Waals surface area contributed by atoms with Crippen molar-refractivity contribution < 1.29 is 0 Å². The molecule has 2 nitrogen and oxygen atoms in total. The zero-order chi connectivity index (χ0) is 41.7. The van der Waals surface area contributed by atoms with Crippen LogP contribution in [0.2, 0.25) is 0 Å². The molecule has 2 aromatic carbocycles. The number of allylic oxidation sites excluding steroid dienone is 2. The van der Waals surface area contributed by atoms with Crippen molar-refractivity contribution in [3.8, 4) is 0 Å². The van der Waals surface area contributed by atoms with Crippen LogP contribution in [0.3, 0.4) is 0 Å². The average molecular weight is 795 g/mol. The number of rotatable bonds is 38. The summed E-state index contributed by atoms with van der Waals surface area (Å²) in [5, 5.41) is 0. The molecule has 2 aromatic rings. The van der Waals surface area contributed by atoms with Gasteiger partial charge in [-0.05, 0) is 130 Å². The zero-order valence-electron chi connectivity index (χ0n) is 39.6. The van der Waals surface area contributed by atoms with Crippen molar-refractivity contribution in [1.29, 1.82) is 0 Å². The highest BCUT2D eigenvalue weighted by Crippen LogP contribution is 2.27. The number of aryl methyl sites for hydroxylation is 4. The molecule has 0 bridgehead atoms. The van der Waals surface area contributed by atoms with Crippen LogP contribution in [0.25, 0.3) is 0 Å². The fourth-order valence-electron chi connectivity index (χ4n) is 8.33. The lowest BCUT2D eigenvalue weighted by molar-refractivity contribution is 0.568. The highest BCUT2D eigenvalue weighted by molar-refractivity contribution is 6.47. The third-order valence-corrected chi connectivity index (χ3v) is 12.2. The van der Waals surface area contributed by atoms with Gasteiger partial charge in [-0.25, -0.2) is 4.99 Å². The topological polar surface area (TPSA) is 24.7 Å². The molecule has 0 amide bonds. The Morgan fingerprint density at radius 3 is 1.19 bits per heavy atom. The van der Waals surface area contributed by atoms with Gasteiger partial charge in [0.2, 0.25) is 0 Å². The standard InChI is InChI=1S/C56H94N2/c1-7-13-19-21-23-25-27-29-35-41-55(57-53-45-43-49(37-31-15-9-3)51(47-53)39-33-17-11-5)56(42-36-30-28-26-24-22-20-14-8-2)58-54-46-44-50(38-32-16-10-4)52(48-54)40-34-18-12-6/h35,41,43-48H,7-34,36-40,42H2,1-6H3. The summed E-state index contributed by atoms with van der Waals surface area (Å²) in [5.74, 6) is 0. The molecule has 0 atom stereocenters. The molecule has 0 aliphatic heterocycles. The summed E-state index contributed by atoms with van der Waals surface area (Å²) in [6.07, 6.45) is 48.4. The minimum atomic E-state index is 0.984. The molecule has 328 valence electrons. The van der Waals surface area contributed by atoms with Crippen LogP contribution in [-0.4, -0.2) is 11.4 Å². The molecule has 0 fully saturated rings. The van der Waals surface area contributed by atoms with Crippen LogP contribution < -0.4 is 0 Å². The fourth-order valence-corrected chi connectivity index (χ4v) is 8.33. The highest BCUT2D eigenvalue weighted by atomic mass is 14.8. The number of hydrogen-bond acceptors (Lipinski definition) is 2. The fraction of sp³-hybridized carbons (Fsp3) is 0.714. The van der Waals surface area contributed by atoms with Gasteiger partial charge in [-0.3, -0.25) is 4.99 Å². The molecule has 0 N–H and O–H groups in total. The van der Waals surface area contributed by atoms with Crippen LogP contribution >= 0.6 is 0 Å². The summed E-state index contributed by atoms with van der Waals surface area (Å²) < 4.78 is 0. The van der Waals surface area contributed by atoms with E-state index in [0.717, 1.165) is 42.8 Å². The first-order valence-corrected chi connectivity index (χ1v) is 25.7. The molecule has 0 saturated carbocycles. The molecule has 0 aliphatic rings. The van der Waals surface area contributed by atoms with E-state index >= 15 is 0 Å². The van der Waals surface area contributed by atoms with E-state index in [2.05, 4.69) is 90.1 Å². The number of benzene rings is 2. The first-order valence-electron chi connectivity index (χ1n) is 25.7. The third kappa shape index (κ3) is 24.6. The van der Waals surface area contributed by atoms with E-state index in [1.54, 1.807) is 5.56 Å². The Morgan fingerprint density at radius 2 is 0.741 bits per heavy atom.